The van der Waals surface area contributed by atoms with Crippen LogP contribution >= 0.6 is 0 Å². The van der Waals surface area contributed by atoms with Gasteiger partial charge in [-0.1, -0.05) is 42.5 Å². The molecule has 0 saturated heterocycles. The number of benzene rings is 3. The van der Waals surface area contributed by atoms with Gasteiger partial charge in [-0.05, 0) is 47.9 Å². The van der Waals surface area contributed by atoms with Crippen LogP contribution in [0.15, 0.2) is 78.9 Å². The Labute approximate surface area is 192 Å². The fraction of sp³-hybridized carbons (Fsp3) is 0.185. The zero-order chi connectivity index (χ0) is 22.6. The zero-order valence-corrected chi connectivity index (χ0v) is 18.5. The van der Waals surface area contributed by atoms with Crippen molar-refractivity contribution in [2.75, 3.05) is 30.5 Å². The van der Waals surface area contributed by atoms with E-state index in [2.05, 4.69) is 46.6 Å². The minimum Gasteiger partial charge on any atom is -0.497 e. The molecule has 6 heteroatoms. The maximum atomic E-state index is 12.4. The standard InChI is InChI=1S/C27H25N3O3/c1-32-23-10-5-9-22(16-23)28-26(31)18-33-24-11-4-8-20-12-13-25(29-27(20)24)30-15-14-19-6-2-3-7-21(19)17-30/h2-13,16H,14-15,17-18H2,1H3,(H,28,31). The molecule has 0 atom stereocenters. The van der Waals surface area contributed by atoms with Crippen LogP contribution in [-0.4, -0.2) is 31.2 Å². The van der Waals surface area contributed by atoms with Crippen LogP contribution in [0.5, 0.6) is 11.5 Å². The van der Waals surface area contributed by atoms with E-state index in [9.17, 15) is 4.79 Å². The molecular weight excluding hydrogens is 414 g/mol. The molecule has 1 amide bonds. The largest absolute Gasteiger partial charge is 0.497 e. The zero-order valence-electron chi connectivity index (χ0n) is 18.5. The van der Waals surface area contributed by atoms with Crippen molar-refractivity contribution in [3.8, 4) is 11.5 Å². The molecule has 1 N–H and O–H groups in total. The molecular formula is C27H25N3O3. The van der Waals surface area contributed by atoms with Gasteiger partial charge in [-0.15, -0.1) is 0 Å². The first-order chi connectivity index (χ1) is 16.2. The fourth-order valence-corrected chi connectivity index (χ4v) is 4.13. The lowest BCUT2D eigenvalue weighted by Crippen LogP contribution is -2.30. The first-order valence-corrected chi connectivity index (χ1v) is 11.0. The van der Waals surface area contributed by atoms with Crippen LogP contribution < -0.4 is 19.7 Å². The third-order valence-corrected chi connectivity index (χ3v) is 5.84. The second kappa shape index (κ2) is 9.20. The summed E-state index contributed by atoms with van der Waals surface area (Å²) in [6.45, 7) is 1.64. The Balaban J connectivity index is 1.32. The highest BCUT2D eigenvalue weighted by Gasteiger charge is 2.18. The first kappa shape index (κ1) is 20.8. The van der Waals surface area contributed by atoms with Gasteiger partial charge in [0.05, 0.1) is 7.11 Å². The minimum absolute atomic E-state index is 0.112. The fourth-order valence-electron chi connectivity index (χ4n) is 4.13. The number of anilines is 2. The summed E-state index contributed by atoms with van der Waals surface area (Å²) in [5, 5.41) is 3.81. The number of methoxy groups -OCH3 is 1. The summed E-state index contributed by atoms with van der Waals surface area (Å²) in [5.74, 6) is 1.94. The molecule has 6 nitrogen and oxygen atoms in total. The van der Waals surface area contributed by atoms with Crippen molar-refractivity contribution in [3.05, 3.63) is 90.0 Å². The summed E-state index contributed by atoms with van der Waals surface area (Å²) >= 11 is 0. The highest BCUT2D eigenvalue weighted by molar-refractivity contribution is 5.92. The minimum atomic E-state index is -0.246. The number of carbonyl (C=O) groups is 1. The van der Waals surface area contributed by atoms with Crippen molar-refractivity contribution in [3.63, 3.8) is 0 Å². The molecule has 0 bridgehead atoms. The van der Waals surface area contributed by atoms with Crippen LogP contribution in [0.1, 0.15) is 11.1 Å². The third-order valence-electron chi connectivity index (χ3n) is 5.84. The summed E-state index contributed by atoms with van der Waals surface area (Å²) < 4.78 is 11.1. The Morgan fingerprint density at radius 1 is 1.00 bits per heavy atom. The average Bonchev–Trinajstić information content (AvgIpc) is 2.87. The molecule has 0 aliphatic carbocycles. The van der Waals surface area contributed by atoms with Gasteiger partial charge in [0.2, 0.25) is 0 Å². The van der Waals surface area contributed by atoms with E-state index in [1.165, 1.54) is 11.1 Å². The van der Waals surface area contributed by atoms with Crippen molar-refractivity contribution in [1.29, 1.82) is 0 Å². The number of nitrogens with zero attached hydrogens (tertiary/aromatic N) is 2. The molecule has 5 rings (SSSR count). The van der Waals surface area contributed by atoms with Gasteiger partial charge in [-0.3, -0.25) is 4.79 Å². The van der Waals surface area contributed by atoms with Crippen LogP contribution in [0.4, 0.5) is 11.5 Å². The normalized spacial score (nSPS) is 12.8. The van der Waals surface area contributed by atoms with Crippen LogP contribution in [0.2, 0.25) is 0 Å². The molecule has 0 saturated carbocycles. The molecule has 33 heavy (non-hydrogen) atoms. The predicted molar refractivity (Wildman–Crippen MR) is 130 cm³/mol. The van der Waals surface area contributed by atoms with E-state index in [1.807, 2.05) is 36.4 Å². The molecule has 3 aromatic carbocycles. The molecule has 0 radical (unpaired) electrons. The van der Waals surface area contributed by atoms with E-state index in [-0.39, 0.29) is 12.5 Å². The van der Waals surface area contributed by atoms with E-state index in [0.29, 0.717) is 17.2 Å². The Hall–Kier alpha value is -4.06. The lowest BCUT2D eigenvalue weighted by Gasteiger charge is -2.30. The molecule has 0 spiro atoms. The maximum Gasteiger partial charge on any atom is 0.262 e. The molecule has 4 aromatic rings. The van der Waals surface area contributed by atoms with Gasteiger partial charge in [-0.25, -0.2) is 4.98 Å². The number of rotatable bonds is 6. The Kier molecular flexibility index (Phi) is 5.81. The Morgan fingerprint density at radius 2 is 1.85 bits per heavy atom. The van der Waals surface area contributed by atoms with Gasteiger partial charge in [0.25, 0.3) is 5.91 Å². The maximum absolute atomic E-state index is 12.4. The van der Waals surface area contributed by atoms with Crippen LogP contribution in [0, 0.1) is 0 Å². The third kappa shape index (κ3) is 4.60. The van der Waals surface area contributed by atoms with Crippen molar-refractivity contribution in [2.24, 2.45) is 0 Å². The number of hydrogen-bond donors (Lipinski definition) is 1. The number of carbonyl (C=O) groups excluding carboxylic acids is 1. The Morgan fingerprint density at radius 3 is 2.73 bits per heavy atom. The first-order valence-electron chi connectivity index (χ1n) is 11.0. The monoisotopic (exact) mass is 439 g/mol. The van der Waals surface area contributed by atoms with Gasteiger partial charge in [0.15, 0.2) is 6.61 Å². The van der Waals surface area contributed by atoms with Crippen molar-refractivity contribution in [2.45, 2.75) is 13.0 Å². The number of nitrogens with one attached hydrogen (secondary N) is 1. The van der Waals surface area contributed by atoms with Crippen molar-refractivity contribution in [1.82, 2.24) is 4.98 Å². The molecule has 1 aromatic heterocycles. The van der Waals surface area contributed by atoms with E-state index in [4.69, 9.17) is 14.5 Å². The number of amides is 1. The van der Waals surface area contributed by atoms with Gasteiger partial charge in [0.1, 0.15) is 22.8 Å². The van der Waals surface area contributed by atoms with Gasteiger partial charge < -0.3 is 19.7 Å². The molecule has 1 aliphatic heterocycles. The number of pyridine rings is 1. The summed E-state index contributed by atoms with van der Waals surface area (Å²) in [4.78, 5) is 19.6. The van der Waals surface area contributed by atoms with Gasteiger partial charge in [0, 0.05) is 30.2 Å². The van der Waals surface area contributed by atoms with Gasteiger partial charge in [-0.2, -0.15) is 0 Å². The lowest BCUT2D eigenvalue weighted by atomic mass is 10.00. The summed E-state index contributed by atoms with van der Waals surface area (Å²) in [6, 6.07) is 25.6. The van der Waals surface area contributed by atoms with E-state index in [1.54, 1.807) is 13.2 Å². The number of aromatic nitrogens is 1. The van der Waals surface area contributed by atoms with E-state index >= 15 is 0 Å². The highest BCUT2D eigenvalue weighted by atomic mass is 16.5. The molecule has 166 valence electrons. The predicted octanol–water partition coefficient (Wildman–Crippen LogP) is 4.82. The molecule has 0 unspecified atom stereocenters. The molecule has 1 aliphatic rings. The smallest absolute Gasteiger partial charge is 0.262 e. The Bertz CT molecular complexity index is 1300. The summed E-state index contributed by atoms with van der Waals surface area (Å²) in [5.41, 5.74) is 4.15. The number of para-hydroxylation sites is 1. The van der Waals surface area contributed by atoms with Crippen LogP contribution in [0.3, 0.4) is 0 Å². The summed E-state index contributed by atoms with van der Waals surface area (Å²) in [6.07, 6.45) is 0.998. The summed E-state index contributed by atoms with van der Waals surface area (Å²) in [7, 11) is 1.59. The van der Waals surface area contributed by atoms with E-state index < -0.39 is 0 Å². The second-order valence-corrected chi connectivity index (χ2v) is 8.01. The van der Waals surface area contributed by atoms with Gasteiger partial charge >= 0.3 is 0 Å². The number of ether oxygens (including phenoxy) is 2. The van der Waals surface area contributed by atoms with Crippen molar-refractivity contribution < 1.29 is 14.3 Å². The quantitative estimate of drug-likeness (QED) is 0.467. The molecule has 0 fully saturated rings. The average molecular weight is 440 g/mol. The SMILES string of the molecule is COc1cccc(NC(=O)COc2cccc3ccc(N4CCc5ccccc5C4)nc23)c1. The van der Waals surface area contributed by atoms with Crippen LogP contribution in [-0.2, 0) is 17.8 Å². The van der Waals surface area contributed by atoms with Crippen LogP contribution in [0.25, 0.3) is 10.9 Å². The topological polar surface area (TPSA) is 63.7 Å². The highest BCUT2D eigenvalue weighted by Crippen LogP contribution is 2.29. The number of fused-ring (bicyclic) bond motifs is 2. The second-order valence-electron chi connectivity index (χ2n) is 8.01. The molecule has 2 heterocycles. The number of hydrogen-bond acceptors (Lipinski definition) is 5. The van der Waals surface area contributed by atoms with E-state index in [0.717, 1.165) is 36.2 Å². The van der Waals surface area contributed by atoms with Crippen molar-refractivity contribution >= 4 is 28.3 Å². The lowest BCUT2D eigenvalue weighted by molar-refractivity contribution is -0.118.